The summed E-state index contributed by atoms with van der Waals surface area (Å²) in [7, 11) is 0. The maximum absolute atomic E-state index is 12.4. The summed E-state index contributed by atoms with van der Waals surface area (Å²) in [4.78, 5) is 36.9. The van der Waals surface area contributed by atoms with Crippen molar-refractivity contribution in [1.29, 1.82) is 0 Å². The van der Waals surface area contributed by atoms with E-state index >= 15 is 0 Å². The second kappa shape index (κ2) is 10.0. The minimum atomic E-state index is -0.794. The van der Waals surface area contributed by atoms with Crippen molar-refractivity contribution >= 4 is 28.9 Å². The molecule has 7 nitrogen and oxygen atoms in total. The zero-order valence-electron chi connectivity index (χ0n) is 18.7. The molecule has 1 amide bonds. The Kier molecular flexibility index (Phi) is 6.73. The minimum absolute atomic E-state index is 0.129. The average molecular weight is 457 g/mol. The molecule has 0 aliphatic carbocycles. The van der Waals surface area contributed by atoms with Gasteiger partial charge in [0.15, 0.2) is 0 Å². The third-order valence-corrected chi connectivity index (χ3v) is 5.19. The standard InChI is InChI=1S/C27H23NO6/c1-17(2)19-8-5-18(6-9-19)7-12-25(29)33-21-11-10-20-14-23(27(31)34-24(20)15-21)26(30)28-16-22-4-3-13-32-22/h3-15,17H,16H2,1-2H3,(H,28,30)/b12-7+. The summed E-state index contributed by atoms with van der Waals surface area (Å²) >= 11 is 0. The third kappa shape index (κ3) is 5.50. The Morgan fingerprint density at radius 1 is 1.06 bits per heavy atom. The van der Waals surface area contributed by atoms with Crippen LogP contribution in [0.25, 0.3) is 17.0 Å². The number of hydrogen-bond donors (Lipinski definition) is 1. The summed E-state index contributed by atoms with van der Waals surface area (Å²) in [6.07, 6.45) is 4.49. The minimum Gasteiger partial charge on any atom is -0.467 e. The van der Waals surface area contributed by atoms with Crippen molar-refractivity contribution in [2.45, 2.75) is 26.3 Å². The maximum atomic E-state index is 12.4. The number of rotatable bonds is 7. The van der Waals surface area contributed by atoms with Gasteiger partial charge in [-0.05, 0) is 53.5 Å². The molecule has 0 radical (unpaired) electrons. The van der Waals surface area contributed by atoms with Gasteiger partial charge in [0, 0.05) is 17.5 Å². The second-order valence-electron chi connectivity index (χ2n) is 7.99. The lowest BCUT2D eigenvalue weighted by molar-refractivity contribution is -0.128. The maximum Gasteiger partial charge on any atom is 0.349 e. The van der Waals surface area contributed by atoms with E-state index in [2.05, 4.69) is 19.2 Å². The number of carbonyl (C=O) groups is 2. The number of fused-ring (bicyclic) bond motifs is 1. The van der Waals surface area contributed by atoms with Gasteiger partial charge in [-0.1, -0.05) is 38.1 Å². The SMILES string of the molecule is CC(C)c1ccc(/C=C/C(=O)Oc2ccc3cc(C(=O)NCc4ccco4)c(=O)oc3c2)cc1. The number of furan rings is 1. The van der Waals surface area contributed by atoms with Gasteiger partial charge in [0.05, 0.1) is 12.8 Å². The number of hydrogen-bond acceptors (Lipinski definition) is 6. The fraction of sp³-hybridized carbons (Fsp3) is 0.148. The highest BCUT2D eigenvalue weighted by Gasteiger charge is 2.15. The van der Waals surface area contributed by atoms with Crippen LogP contribution in [-0.4, -0.2) is 11.9 Å². The predicted molar refractivity (Wildman–Crippen MR) is 128 cm³/mol. The van der Waals surface area contributed by atoms with Gasteiger partial charge in [-0.25, -0.2) is 9.59 Å². The van der Waals surface area contributed by atoms with E-state index in [1.54, 1.807) is 30.3 Å². The number of carbonyl (C=O) groups excluding carboxylic acids is 2. The van der Waals surface area contributed by atoms with Gasteiger partial charge in [-0.3, -0.25) is 4.79 Å². The first-order chi connectivity index (χ1) is 16.4. The first-order valence-electron chi connectivity index (χ1n) is 10.8. The molecule has 0 aliphatic rings. The van der Waals surface area contributed by atoms with Gasteiger partial charge < -0.3 is 18.9 Å². The van der Waals surface area contributed by atoms with Gasteiger partial charge in [0.2, 0.25) is 0 Å². The highest BCUT2D eigenvalue weighted by atomic mass is 16.5. The van der Waals surface area contributed by atoms with Crippen LogP contribution < -0.4 is 15.7 Å². The van der Waals surface area contributed by atoms with Crippen LogP contribution in [0.3, 0.4) is 0 Å². The van der Waals surface area contributed by atoms with Gasteiger partial charge in [0.1, 0.15) is 22.7 Å². The number of benzene rings is 2. The lowest BCUT2D eigenvalue weighted by Crippen LogP contribution is -2.27. The molecule has 0 saturated carbocycles. The van der Waals surface area contributed by atoms with Crippen molar-refractivity contribution < 1.29 is 23.2 Å². The molecule has 0 atom stereocenters. The molecule has 0 unspecified atom stereocenters. The normalized spacial score (nSPS) is 11.3. The second-order valence-corrected chi connectivity index (χ2v) is 7.99. The number of ether oxygens (including phenoxy) is 1. The van der Waals surface area contributed by atoms with Crippen molar-refractivity contribution in [3.8, 4) is 5.75 Å². The summed E-state index contributed by atoms with van der Waals surface area (Å²) in [5.41, 5.74) is 1.37. The monoisotopic (exact) mass is 457 g/mol. The molecular weight excluding hydrogens is 434 g/mol. The smallest absolute Gasteiger partial charge is 0.349 e. The Bertz CT molecular complexity index is 1400. The summed E-state index contributed by atoms with van der Waals surface area (Å²) in [6.45, 7) is 4.38. The van der Waals surface area contributed by atoms with Crippen LogP contribution in [0, 0.1) is 0 Å². The summed E-state index contributed by atoms with van der Waals surface area (Å²) in [5.74, 6) is 0.0721. The highest BCUT2D eigenvalue weighted by molar-refractivity contribution is 5.97. The Balaban J connectivity index is 1.43. The average Bonchev–Trinajstić information content (AvgIpc) is 3.35. The molecule has 0 spiro atoms. The van der Waals surface area contributed by atoms with Crippen LogP contribution in [0.2, 0.25) is 0 Å². The first-order valence-corrected chi connectivity index (χ1v) is 10.8. The van der Waals surface area contributed by atoms with Crippen molar-refractivity contribution in [3.63, 3.8) is 0 Å². The Morgan fingerprint density at radius 2 is 1.85 bits per heavy atom. The number of esters is 1. The van der Waals surface area contributed by atoms with E-state index in [0.717, 1.165) is 5.56 Å². The fourth-order valence-electron chi connectivity index (χ4n) is 3.30. The van der Waals surface area contributed by atoms with Crippen molar-refractivity contribution in [2.24, 2.45) is 0 Å². The molecule has 2 heterocycles. The van der Waals surface area contributed by atoms with Crippen LogP contribution in [0.1, 0.15) is 47.0 Å². The topological polar surface area (TPSA) is 98.8 Å². The molecule has 2 aromatic carbocycles. The van der Waals surface area contributed by atoms with Gasteiger partial charge in [-0.2, -0.15) is 0 Å². The summed E-state index contributed by atoms with van der Waals surface area (Å²) in [6, 6.07) is 17.4. The molecule has 7 heteroatoms. The zero-order valence-corrected chi connectivity index (χ0v) is 18.7. The molecule has 0 saturated heterocycles. The van der Waals surface area contributed by atoms with Crippen LogP contribution in [0.4, 0.5) is 0 Å². The van der Waals surface area contributed by atoms with Crippen LogP contribution in [0.15, 0.2) is 86.6 Å². The molecule has 1 N–H and O–H groups in total. The Morgan fingerprint density at radius 3 is 2.56 bits per heavy atom. The molecule has 172 valence electrons. The van der Waals surface area contributed by atoms with E-state index in [9.17, 15) is 14.4 Å². The molecule has 0 aliphatic heterocycles. The predicted octanol–water partition coefficient (Wildman–Crippen LogP) is 5.06. The van der Waals surface area contributed by atoms with Crippen LogP contribution in [0.5, 0.6) is 5.75 Å². The summed E-state index contributed by atoms with van der Waals surface area (Å²) < 4.78 is 15.8. The molecule has 4 rings (SSSR count). The van der Waals surface area contributed by atoms with Crippen LogP contribution >= 0.6 is 0 Å². The van der Waals surface area contributed by atoms with Gasteiger partial charge in [0.25, 0.3) is 5.91 Å². The van der Waals surface area contributed by atoms with E-state index in [4.69, 9.17) is 13.6 Å². The molecule has 2 aromatic heterocycles. The number of nitrogens with one attached hydrogen (secondary N) is 1. The van der Waals surface area contributed by atoms with Crippen molar-refractivity contribution in [2.75, 3.05) is 0 Å². The highest BCUT2D eigenvalue weighted by Crippen LogP contribution is 2.21. The Labute approximate surface area is 195 Å². The lowest BCUT2D eigenvalue weighted by atomic mass is 10.0. The van der Waals surface area contributed by atoms with E-state index in [-0.39, 0.29) is 23.4 Å². The molecular formula is C27H23NO6. The number of amides is 1. The molecule has 4 aromatic rings. The van der Waals surface area contributed by atoms with E-state index < -0.39 is 17.5 Å². The quantitative estimate of drug-likeness (QED) is 0.180. The van der Waals surface area contributed by atoms with E-state index in [0.29, 0.717) is 17.1 Å². The Hall–Kier alpha value is -4.39. The zero-order chi connectivity index (χ0) is 24.1. The van der Waals surface area contributed by atoms with E-state index in [1.165, 1.54) is 30.0 Å². The van der Waals surface area contributed by atoms with Crippen LogP contribution in [-0.2, 0) is 11.3 Å². The van der Waals surface area contributed by atoms with Gasteiger partial charge >= 0.3 is 11.6 Å². The fourth-order valence-corrected chi connectivity index (χ4v) is 3.30. The van der Waals surface area contributed by atoms with Crippen molar-refractivity contribution in [3.05, 3.63) is 106 Å². The van der Waals surface area contributed by atoms with Crippen molar-refractivity contribution in [1.82, 2.24) is 5.32 Å². The van der Waals surface area contributed by atoms with E-state index in [1.807, 2.05) is 24.3 Å². The third-order valence-electron chi connectivity index (χ3n) is 5.19. The molecule has 0 bridgehead atoms. The lowest BCUT2D eigenvalue weighted by Gasteiger charge is -2.06. The summed E-state index contributed by atoms with van der Waals surface area (Å²) in [5, 5.41) is 3.13. The first kappa shape index (κ1) is 22.8. The molecule has 34 heavy (non-hydrogen) atoms. The largest absolute Gasteiger partial charge is 0.467 e. The van der Waals surface area contributed by atoms with Gasteiger partial charge in [-0.15, -0.1) is 0 Å². The molecule has 0 fully saturated rings.